The first-order valence-electron chi connectivity index (χ1n) is 8.34. The van der Waals surface area contributed by atoms with E-state index >= 15 is 0 Å². The predicted octanol–water partition coefficient (Wildman–Crippen LogP) is 2.64. The second kappa shape index (κ2) is 7.58. The molecular weight excluding hydrogens is 296 g/mol. The van der Waals surface area contributed by atoms with Gasteiger partial charge in [0.2, 0.25) is 0 Å². The number of hydrogen-bond donors (Lipinski definition) is 3. The van der Waals surface area contributed by atoms with Gasteiger partial charge in [0.1, 0.15) is 0 Å². The average Bonchev–Trinajstić information content (AvgIpc) is 2.61. The fourth-order valence-electron chi connectivity index (χ4n) is 3.08. The smallest absolute Gasteiger partial charge is 0.0848 e. The van der Waals surface area contributed by atoms with Crippen LogP contribution < -0.4 is 11.5 Å². The fraction of sp³-hybridized carbons (Fsp3) is 0.238. The van der Waals surface area contributed by atoms with Crippen LogP contribution in [0.1, 0.15) is 11.1 Å². The molecule has 3 rings (SSSR count). The van der Waals surface area contributed by atoms with E-state index in [0.717, 1.165) is 11.1 Å². The summed E-state index contributed by atoms with van der Waals surface area (Å²) in [5.41, 5.74) is 14.6. The van der Waals surface area contributed by atoms with E-state index in [4.69, 9.17) is 11.5 Å². The first-order valence-corrected chi connectivity index (χ1v) is 8.34. The minimum atomic E-state index is -0.739. The normalized spacial score (nSPS) is 15.1. The number of aliphatic hydroxyl groups is 1. The molecule has 0 bridgehead atoms. The SMILES string of the molecule is NC(Cc1ccccc1)C(O)C(N)Cc1ccc2ccccc2c1. The predicted molar refractivity (Wildman–Crippen MR) is 99.8 cm³/mol. The van der Waals surface area contributed by atoms with E-state index in [9.17, 15) is 5.11 Å². The minimum absolute atomic E-state index is 0.372. The van der Waals surface area contributed by atoms with Crippen molar-refractivity contribution < 1.29 is 5.11 Å². The Labute approximate surface area is 142 Å². The van der Waals surface area contributed by atoms with Gasteiger partial charge in [0.25, 0.3) is 0 Å². The maximum absolute atomic E-state index is 10.5. The molecule has 24 heavy (non-hydrogen) atoms. The van der Waals surface area contributed by atoms with Gasteiger partial charge in [-0.1, -0.05) is 72.8 Å². The van der Waals surface area contributed by atoms with E-state index < -0.39 is 6.10 Å². The minimum Gasteiger partial charge on any atom is -0.390 e. The second-order valence-corrected chi connectivity index (χ2v) is 6.39. The van der Waals surface area contributed by atoms with Crippen LogP contribution in [0.4, 0.5) is 0 Å². The lowest BCUT2D eigenvalue weighted by atomic mass is 9.93. The van der Waals surface area contributed by atoms with Crippen molar-refractivity contribution in [1.29, 1.82) is 0 Å². The molecule has 5 N–H and O–H groups in total. The van der Waals surface area contributed by atoms with Crippen LogP contribution in [-0.2, 0) is 12.8 Å². The van der Waals surface area contributed by atoms with Crippen LogP contribution >= 0.6 is 0 Å². The molecule has 3 aromatic carbocycles. The van der Waals surface area contributed by atoms with Crippen molar-refractivity contribution >= 4 is 10.8 Å². The van der Waals surface area contributed by atoms with Crippen molar-refractivity contribution in [3.8, 4) is 0 Å². The van der Waals surface area contributed by atoms with Gasteiger partial charge in [-0.2, -0.15) is 0 Å². The Morgan fingerprint density at radius 1 is 0.667 bits per heavy atom. The first-order chi connectivity index (χ1) is 11.6. The van der Waals surface area contributed by atoms with Gasteiger partial charge < -0.3 is 16.6 Å². The molecule has 3 heteroatoms. The highest BCUT2D eigenvalue weighted by Crippen LogP contribution is 2.17. The van der Waals surface area contributed by atoms with Crippen LogP contribution in [0.3, 0.4) is 0 Å². The van der Waals surface area contributed by atoms with Crippen LogP contribution in [-0.4, -0.2) is 23.3 Å². The number of rotatable bonds is 6. The summed E-state index contributed by atoms with van der Waals surface area (Å²) in [5, 5.41) is 12.9. The Hall–Kier alpha value is -2.20. The number of nitrogens with two attached hydrogens (primary N) is 2. The average molecular weight is 320 g/mol. The molecule has 0 aliphatic carbocycles. The molecule has 0 heterocycles. The summed E-state index contributed by atoms with van der Waals surface area (Å²) in [6.07, 6.45) is 0.485. The number of fused-ring (bicyclic) bond motifs is 1. The highest BCUT2D eigenvalue weighted by molar-refractivity contribution is 5.83. The standard InChI is InChI=1S/C21H24N2O/c22-19(13-15-6-2-1-3-7-15)21(24)20(23)14-16-10-11-17-8-4-5-9-18(17)12-16/h1-12,19-21,24H,13-14,22-23H2. The quantitative estimate of drug-likeness (QED) is 0.654. The van der Waals surface area contributed by atoms with Crippen molar-refractivity contribution in [1.82, 2.24) is 0 Å². The zero-order chi connectivity index (χ0) is 16.9. The largest absolute Gasteiger partial charge is 0.390 e. The Morgan fingerprint density at radius 2 is 1.25 bits per heavy atom. The van der Waals surface area contributed by atoms with Gasteiger partial charge in [0, 0.05) is 12.1 Å². The third kappa shape index (κ3) is 4.01. The van der Waals surface area contributed by atoms with Crippen molar-refractivity contribution in [2.24, 2.45) is 11.5 Å². The number of hydrogen-bond acceptors (Lipinski definition) is 3. The summed E-state index contributed by atoms with van der Waals surface area (Å²) in [5.74, 6) is 0. The van der Waals surface area contributed by atoms with Gasteiger partial charge in [-0.3, -0.25) is 0 Å². The van der Waals surface area contributed by atoms with Crippen molar-refractivity contribution in [2.45, 2.75) is 31.0 Å². The third-order valence-electron chi connectivity index (χ3n) is 4.48. The molecular formula is C21H24N2O. The van der Waals surface area contributed by atoms with Crippen LogP contribution in [0.5, 0.6) is 0 Å². The lowest BCUT2D eigenvalue weighted by molar-refractivity contribution is 0.116. The molecule has 3 atom stereocenters. The summed E-state index contributed by atoms with van der Waals surface area (Å²) in [4.78, 5) is 0. The zero-order valence-corrected chi connectivity index (χ0v) is 13.7. The summed E-state index contributed by atoms with van der Waals surface area (Å²) < 4.78 is 0. The first kappa shape index (κ1) is 16.7. The molecule has 0 fully saturated rings. The molecule has 0 radical (unpaired) electrons. The number of aliphatic hydroxyl groups excluding tert-OH is 1. The molecule has 0 spiro atoms. The van der Waals surface area contributed by atoms with Crippen molar-refractivity contribution in [2.75, 3.05) is 0 Å². The Morgan fingerprint density at radius 3 is 1.96 bits per heavy atom. The van der Waals surface area contributed by atoms with Crippen LogP contribution in [0.15, 0.2) is 72.8 Å². The molecule has 0 aliphatic rings. The maximum atomic E-state index is 10.5. The molecule has 0 aliphatic heterocycles. The third-order valence-corrected chi connectivity index (χ3v) is 4.48. The van der Waals surface area contributed by atoms with E-state index in [1.807, 2.05) is 42.5 Å². The van der Waals surface area contributed by atoms with Gasteiger partial charge in [-0.05, 0) is 34.7 Å². The lowest BCUT2D eigenvalue weighted by Crippen LogP contribution is -2.49. The lowest BCUT2D eigenvalue weighted by Gasteiger charge is -2.25. The van der Waals surface area contributed by atoms with Gasteiger partial charge in [0.05, 0.1) is 6.10 Å². The molecule has 0 saturated carbocycles. The maximum Gasteiger partial charge on any atom is 0.0848 e. The molecule has 3 nitrogen and oxygen atoms in total. The molecule has 3 unspecified atom stereocenters. The Balaban J connectivity index is 1.65. The molecule has 0 amide bonds. The fourth-order valence-corrected chi connectivity index (χ4v) is 3.08. The van der Waals surface area contributed by atoms with E-state index in [2.05, 4.69) is 30.3 Å². The van der Waals surface area contributed by atoms with Crippen LogP contribution in [0.25, 0.3) is 10.8 Å². The van der Waals surface area contributed by atoms with Crippen LogP contribution in [0, 0.1) is 0 Å². The molecule has 0 saturated heterocycles. The van der Waals surface area contributed by atoms with E-state index in [0.29, 0.717) is 12.8 Å². The Kier molecular flexibility index (Phi) is 5.26. The Bertz CT molecular complexity index is 788. The summed E-state index contributed by atoms with van der Waals surface area (Å²) in [6, 6.07) is 23.7. The second-order valence-electron chi connectivity index (χ2n) is 6.39. The number of benzene rings is 3. The molecule has 124 valence electrons. The highest BCUT2D eigenvalue weighted by Gasteiger charge is 2.22. The van der Waals surface area contributed by atoms with E-state index in [-0.39, 0.29) is 12.1 Å². The zero-order valence-electron chi connectivity index (χ0n) is 13.7. The van der Waals surface area contributed by atoms with E-state index in [1.54, 1.807) is 0 Å². The van der Waals surface area contributed by atoms with Gasteiger partial charge >= 0.3 is 0 Å². The molecule has 3 aromatic rings. The van der Waals surface area contributed by atoms with Gasteiger partial charge in [-0.15, -0.1) is 0 Å². The monoisotopic (exact) mass is 320 g/mol. The highest BCUT2D eigenvalue weighted by atomic mass is 16.3. The molecule has 0 aromatic heterocycles. The summed E-state index contributed by atoms with van der Waals surface area (Å²) >= 11 is 0. The topological polar surface area (TPSA) is 72.3 Å². The van der Waals surface area contributed by atoms with Gasteiger partial charge in [0.15, 0.2) is 0 Å². The van der Waals surface area contributed by atoms with Gasteiger partial charge in [-0.25, -0.2) is 0 Å². The van der Waals surface area contributed by atoms with Crippen LogP contribution in [0.2, 0.25) is 0 Å². The summed E-state index contributed by atoms with van der Waals surface area (Å²) in [6.45, 7) is 0. The van der Waals surface area contributed by atoms with E-state index in [1.165, 1.54) is 10.8 Å². The van der Waals surface area contributed by atoms with Crippen molar-refractivity contribution in [3.05, 3.63) is 83.9 Å². The summed E-state index contributed by atoms with van der Waals surface area (Å²) in [7, 11) is 0. The van der Waals surface area contributed by atoms with Crippen molar-refractivity contribution in [3.63, 3.8) is 0 Å².